The molecule has 0 spiro atoms. The highest BCUT2D eigenvalue weighted by molar-refractivity contribution is 5.76. The molecule has 0 unspecified atom stereocenters. The highest BCUT2D eigenvalue weighted by Crippen LogP contribution is 2.31. The summed E-state index contributed by atoms with van der Waals surface area (Å²) in [5.41, 5.74) is 2.65. The molecule has 2 aromatic rings. The van der Waals surface area contributed by atoms with Crippen molar-refractivity contribution in [2.24, 2.45) is 5.92 Å². The van der Waals surface area contributed by atoms with Crippen molar-refractivity contribution < 1.29 is 13.9 Å². The molecular weight excluding hydrogens is 370 g/mol. The molecule has 2 fully saturated rings. The molecule has 4 rings (SSSR count). The highest BCUT2D eigenvalue weighted by Gasteiger charge is 2.26. The van der Waals surface area contributed by atoms with E-state index in [1.165, 1.54) is 13.5 Å². The Labute approximate surface area is 171 Å². The van der Waals surface area contributed by atoms with Crippen molar-refractivity contribution in [2.75, 3.05) is 39.8 Å². The van der Waals surface area contributed by atoms with Gasteiger partial charge in [-0.15, -0.1) is 0 Å². The molecule has 3 heterocycles. The Bertz CT molecular complexity index is 890. The number of amides is 1. The van der Waals surface area contributed by atoms with Gasteiger partial charge >= 0.3 is 11.8 Å². The van der Waals surface area contributed by atoms with E-state index in [0.717, 1.165) is 81.5 Å². The molecule has 158 valence electrons. The molecule has 29 heavy (non-hydrogen) atoms. The van der Waals surface area contributed by atoms with Crippen LogP contribution >= 0.6 is 0 Å². The van der Waals surface area contributed by atoms with E-state index in [1.54, 1.807) is 0 Å². The van der Waals surface area contributed by atoms with Gasteiger partial charge in [-0.25, -0.2) is 9.59 Å². The fourth-order valence-electron chi connectivity index (χ4n) is 5.03. The molecule has 1 aromatic heterocycles. The maximum absolute atomic E-state index is 11.8. The third-order valence-corrected chi connectivity index (χ3v) is 6.46. The Kier molecular flexibility index (Phi) is 6.23. The first kappa shape index (κ1) is 20.0. The summed E-state index contributed by atoms with van der Waals surface area (Å²) in [5.74, 6) is 0.593. The number of piperidine rings is 2. The molecule has 2 aliphatic heterocycles. The van der Waals surface area contributed by atoms with Crippen LogP contribution in [0.4, 0.5) is 4.79 Å². The van der Waals surface area contributed by atoms with Crippen molar-refractivity contribution in [1.29, 1.82) is 0 Å². The van der Waals surface area contributed by atoms with Crippen LogP contribution in [-0.4, -0.2) is 60.7 Å². The second-order valence-corrected chi connectivity index (χ2v) is 8.44. The number of fused-ring (bicyclic) bond motifs is 1. The second-order valence-electron chi connectivity index (χ2n) is 8.44. The number of oxazole rings is 1. The summed E-state index contributed by atoms with van der Waals surface area (Å²) in [6.07, 6.45) is 6.66. The number of nitrogens with one attached hydrogen (secondary N) is 1. The lowest BCUT2D eigenvalue weighted by Gasteiger charge is -2.34. The summed E-state index contributed by atoms with van der Waals surface area (Å²) in [6, 6.07) is 5.99. The van der Waals surface area contributed by atoms with Gasteiger partial charge in [-0.3, -0.25) is 4.98 Å². The first-order chi connectivity index (χ1) is 14.1. The normalized spacial score (nSPS) is 23.4. The van der Waals surface area contributed by atoms with E-state index >= 15 is 0 Å². The third kappa shape index (κ3) is 4.66. The molecule has 2 atom stereocenters. The van der Waals surface area contributed by atoms with Crippen LogP contribution in [-0.2, 0) is 4.74 Å². The van der Waals surface area contributed by atoms with Crippen LogP contribution in [0.1, 0.15) is 50.0 Å². The number of nitrogens with zero attached hydrogens (tertiary/aromatic N) is 2. The van der Waals surface area contributed by atoms with Crippen LogP contribution in [0.2, 0.25) is 0 Å². The van der Waals surface area contributed by atoms with Crippen LogP contribution in [0.5, 0.6) is 0 Å². The summed E-state index contributed by atoms with van der Waals surface area (Å²) in [4.78, 5) is 30.5. The van der Waals surface area contributed by atoms with Gasteiger partial charge in [0.2, 0.25) is 0 Å². The number of likely N-dealkylation sites (tertiary alicyclic amines) is 2. The monoisotopic (exact) mass is 401 g/mol. The van der Waals surface area contributed by atoms with E-state index in [4.69, 9.17) is 9.15 Å². The van der Waals surface area contributed by atoms with Gasteiger partial charge in [0.15, 0.2) is 5.58 Å². The van der Waals surface area contributed by atoms with Crippen molar-refractivity contribution in [3.63, 3.8) is 0 Å². The van der Waals surface area contributed by atoms with Crippen LogP contribution in [0, 0.1) is 5.92 Å². The number of benzene rings is 1. The lowest BCUT2D eigenvalue weighted by atomic mass is 9.89. The predicted octanol–water partition coefficient (Wildman–Crippen LogP) is 3.56. The van der Waals surface area contributed by atoms with E-state index in [0.29, 0.717) is 11.8 Å². The van der Waals surface area contributed by atoms with Crippen molar-refractivity contribution in [2.45, 2.75) is 44.4 Å². The molecule has 0 bridgehead atoms. The number of rotatable bonds is 5. The van der Waals surface area contributed by atoms with Crippen LogP contribution in [0.15, 0.2) is 27.4 Å². The van der Waals surface area contributed by atoms with Gasteiger partial charge in [-0.2, -0.15) is 0 Å². The second kappa shape index (κ2) is 9.03. The molecule has 0 saturated carbocycles. The molecule has 1 aromatic carbocycles. The Morgan fingerprint density at radius 1 is 1.24 bits per heavy atom. The van der Waals surface area contributed by atoms with Crippen LogP contribution in [0.3, 0.4) is 0 Å². The minimum absolute atomic E-state index is 0.195. The highest BCUT2D eigenvalue weighted by atomic mass is 16.5. The summed E-state index contributed by atoms with van der Waals surface area (Å²) >= 11 is 0. The van der Waals surface area contributed by atoms with Gasteiger partial charge in [0.05, 0.1) is 12.6 Å². The number of para-hydroxylation sites is 1. The Morgan fingerprint density at radius 2 is 2.10 bits per heavy atom. The van der Waals surface area contributed by atoms with E-state index in [-0.39, 0.29) is 11.8 Å². The number of hydrogen-bond donors (Lipinski definition) is 1. The number of hydrogen-bond acceptors (Lipinski definition) is 5. The average molecular weight is 402 g/mol. The molecule has 2 aliphatic rings. The number of H-pyrrole nitrogens is 1. The maximum atomic E-state index is 11.8. The number of carbonyl (C=O) groups excluding carboxylic acids is 1. The van der Waals surface area contributed by atoms with E-state index in [2.05, 4.69) is 16.0 Å². The zero-order valence-electron chi connectivity index (χ0n) is 17.2. The minimum atomic E-state index is -0.381. The summed E-state index contributed by atoms with van der Waals surface area (Å²) in [7, 11) is 1.46. The van der Waals surface area contributed by atoms with Gasteiger partial charge in [0.25, 0.3) is 0 Å². The van der Waals surface area contributed by atoms with Crippen molar-refractivity contribution in [1.82, 2.24) is 14.8 Å². The molecule has 0 radical (unpaired) electrons. The summed E-state index contributed by atoms with van der Waals surface area (Å²) in [5, 5.41) is 0. The predicted molar refractivity (Wildman–Crippen MR) is 111 cm³/mol. The Morgan fingerprint density at radius 3 is 2.97 bits per heavy atom. The van der Waals surface area contributed by atoms with Crippen molar-refractivity contribution in [3.8, 4) is 0 Å². The summed E-state index contributed by atoms with van der Waals surface area (Å²) in [6.45, 7) is 4.86. The SMILES string of the molecule is COC(=O)N1CCC[C@H](CCCN2CCC[C@H](c3cccc4[nH]c(=O)oc34)C2)C1. The van der Waals surface area contributed by atoms with Gasteiger partial charge in [0.1, 0.15) is 0 Å². The zero-order chi connectivity index (χ0) is 20.2. The molecule has 1 N–H and O–H groups in total. The topological polar surface area (TPSA) is 78.8 Å². The number of methoxy groups -OCH3 is 1. The van der Waals surface area contributed by atoms with Gasteiger partial charge in [-0.05, 0) is 63.6 Å². The fraction of sp³-hybridized carbons (Fsp3) is 0.636. The Hall–Kier alpha value is -2.28. The number of carbonyl (C=O) groups is 1. The van der Waals surface area contributed by atoms with Gasteiger partial charge < -0.3 is 19.0 Å². The summed E-state index contributed by atoms with van der Waals surface area (Å²) < 4.78 is 10.3. The number of aromatic amines is 1. The van der Waals surface area contributed by atoms with Gasteiger partial charge in [-0.1, -0.05) is 12.1 Å². The average Bonchev–Trinajstić information content (AvgIpc) is 3.14. The lowest BCUT2D eigenvalue weighted by molar-refractivity contribution is 0.0989. The maximum Gasteiger partial charge on any atom is 0.417 e. The largest absolute Gasteiger partial charge is 0.453 e. The first-order valence-corrected chi connectivity index (χ1v) is 10.8. The van der Waals surface area contributed by atoms with Crippen molar-refractivity contribution in [3.05, 3.63) is 34.3 Å². The zero-order valence-corrected chi connectivity index (χ0v) is 17.2. The number of aromatic nitrogens is 1. The number of ether oxygens (including phenoxy) is 1. The van der Waals surface area contributed by atoms with Crippen molar-refractivity contribution >= 4 is 17.2 Å². The molecular formula is C22H31N3O4. The van der Waals surface area contributed by atoms with E-state index in [9.17, 15) is 9.59 Å². The molecule has 0 aliphatic carbocycles. The van der Waals surface area contributed by atoms with Crippen LogP contribution in [0.25, 0.3) is 11.1 Å². The molecule has 7 heteroatoms. The smallest absolute Gasteiger partial charge is 0.417 e. The quantitative estimate of drug-likeness (QED) is 0.829. The first-order valence-electron chi connectivity index (χ1n) is 10.8. The van der Waals surface area contributed by atoms with Crippen LogP contribution < -0.4 is 5.76 Å². The molecule has 1 amide bonds. The Balaban J connectivity index is 1.30. The minimum Gasteiger partial charge on any atom is -0.453 e. The standard InChI is InChI=1S/C22H31N3O4/c1-28-22(27)25-13-4-7-16(14-25)6-3-11-24-12-5-8-17(15-24)18-9-2-10-19-20(18)29-21(26)23-19/h2,9-10,16-17H,3-8,11-15H2,1H3,(H,23,26)/t16-,17-/m0/s1. The van der Waals surface area contributed by atoms with E-state index in [1.807, 2.05) is 17.0 Å². The van der Waals surface area contributed by atoms with Gasteiger partial charge in [0, 0.05) is 31.1 Å². The molecule has 2 saturated heterocycles. The molecule has 7 nitrogen and oxygen atoms in total. The lowest BCUT2D eigenvalue weighted by Crippen LogP contribution is -2.40. The third-order valence-electron chi connectivity index (χ3n) is 6.46. The van der Waals surface area contributed by atoms with E-state index < -0.39 is 0 Å². The fourth-order valence-corrected chi connectivity index (χ4v) is 5.03.